The largest absolute Gasteiger partial charge is 0.394 e. The molecule has 4 aliphatic heterocycles. The Balaban J connectivity index is 1.05. The van der Waals surface area contributed by atoms with E-state index in [1.54, 1.807) is 0 Å². The number of hydrogen-bond donors (Lipinski definition) is 15. The summed E-state index contributed by atoms with van der Waals surface area (Å²) in [4.78, 5) is 0. The van der Waals surface area contributed by atoms with Crippen LogP contribution < -0.4 is 0 Å². The highest BCUT2D eigenvalue weighted by Crippen LogP contribution is 2.76. The predicted molar refractivity (Wildman–Crippen MR) is 266 cm³/mol. The van der Waals surface area contributed by atoms with Gasteiger partial charge < -0.3 is 114 Å². The maximum Gasteiger partial charge on any atom is 0.187 e. The molecule has 8 fully saturated rings. The second-order valence-electron chi connectivity index (χ2n) is 25.7. The van der Waals surface area contributed by atoms with E-state index < -0.39 is 178 Å². The number of hydrogen-bond acceptors (Lipinski definition) is 23. The average molecular weight is 1110 g/mol. The molecule has 8 aliphatic rings. The SMILES string of the molecule is CC(C)=CCCC(C)(O[C@@H]1O[C@H](CO)[C@@H](O)[C@H](O)[C@H]1O[C@@H]1O[C@H](CO)[C@@H](O)[C@H](O)[C@H]1O)C1CCC2(C)C1C(O)CC1C3(C)CCC(O[C@@H]4O[C@H](CO)[C@@H](O)[C@H](O)[C@H]4O[C@@H]4O[C@H](CO)[C@@H](O)[C@H](O)[C@H]4O)C(C)(C)C3CCC12C. The van der Waals surface area contributed by atoms with Crippen LogP contribution in [0.2, 0.25) is 0 Å². The van der Waals surface area contributed by atoms with Crippen LogP contribution in [0.1, 0.15) is 113 Å². The number of ether oxygens (including phenoxy) is 8. The molecule has 0 radical (unpaired) electrons. The minimum Gasteiger partial charge on any atom is -0.394 e. The Labute approximate surface area is 450 Å². The van der Waals surface area contributed by atoms with Crippen LogP contribution in [-0.2, 0) is 37.9 Å². The molecular weight excluding hydrogens is 1020 g/mol. The fourth-order valence-corrected chi connectivity index (χ4v) is 16.3. The quantitative estimate of drug-likeness (QED) is 0.0576. The molecule has 0 aromatic carbocycles. The highest BCUT2D eigenvalue weighted by molar-refractivity contribution is 5.21. The predicted octanol–water partition coefficient (Wildman–Crippen LogP) is -2.20. The number of rotatable bonds is 16. The van der Waals surface area contributed by atoms with Crippen LogP contribution in [0.15, 0.2) is 11.6 Å². The third-order valence-corrected chi connectivity index (χ3v) is 20.9. The minimum absolute atomic E-state index is 0.0192. The van der Waals surface area contributed by atoms with Crippen LogP contribution in [0.5, 0.6) is 0 Å². The van der Waals surface area contributed by atoms with E-state index in [9.17, 15) is 76.6 Å². The Hall–Kier alpha value is -1.18. The number of aliphatic hydroxyl groups is 15. The number of allylic oxidation sites excluding steroid dienone is 2. The van der Waals surface area contributed by atoms with Gasteiger partial charge in [0, 0.05) is 0 Å². The maximum atomic E-state index is 12.9. The summed E-state index contributed by atoms with van der Waals surface area (Å²) >= 11 is 0. The van der Waals surface area contributed by atoms with Gasteiger partial charge in [-0.2, -0.15) is 0 Å². The van der Waals surface area contributed by atoms with Gasteiger partial charge in [0.1, 0.15) is 97.7 Å². The van der Waals surface area contributed by atoms with E-state index in [0.717, 1.165) is 24.8 Å². The van der Waals surface area contributed by atoms with Crippen LogP contribution in [0.4, 0.5) is 0 Å². The molecule has 0 aromatic heterocycles. The first-order valence-electron chi connectivity index (χ1n) is 27.9. The molecule has 23 nitrogen and oxygen atoms in total. The van der Waals surface area contributed by atoms with Gasteiger partial charge in [-0.15, -0.1) is 0 Å². The smallest absolute Gasteiger partial charge is 0.187 e. The zero-order valence-electron chi connectivity index (χ0n) is 45.8. The van der Waals surface area contributed by atoms with Crippen molar-refractivity contribution in [1.82, 2.24) is 0 Å². The Morgan fingerprint density at radius 2 is 0.974 bits per heavy atom. The van der Waals surface area contributed by atoms with Crippen molar-refractivity contribution in [2.75, 3.05) is 26.4 Å². The van der Waals surface area contributed by atoms with Crippen LogP contribution in [0.3, 0.4) is 0 Å². The van der Waals surface area contributed by atoms with Gasteiger partial charge >= 0.3 is 0 Å². The van der Waals surface area contributed by atoms with Gasteiger partial charge in [-0.25, -0.2) is 0 Å². The van der Waals surface area contributed by atoms with Crippen molar-refractivity contribution >= 4 is 0 Å². The van der Waals surface area contributed by atoms with Gasteiger partial charge in [-0.05, 0) is 124 Å². The molecule has 77 heavy (non-hydrogen) atoms. The third-order valence-electron chi connectivity index (χ3n) is 20.9. The molecule has 0 aromatic rings. The Kier molecular flexibility index (Phi) is 18.9. The normalized spacial score (nSPS) is 52.7. The summed E-state index contributed by atoms with van der Waals surface area (Å²) in [7, 11) is 0. The first-order valence-corrected chi connectivity index (χ1v) is 27.9. The molecule has 4 aliphatic carbocycles. The van der Waals surface area contributed by atoms with Gasteiger partial charge in [0.05, 0.1) is 44.2 Å². The molecule has 8 rings (SSSR count). The first-order chi connectivity index (χ1) is 36.1. The number of fused-ring (bicyclic) bond motifs is 5. The molecule has 4 saturated heterocycles. The lowest BCUT2D eigenvalue weighted by Crippen LogP contribution is -2.68. The first kappa shape index (κ1) is 61.9. The summed E-state index contributed by atoms with van der Waals surface area (Å²) < 4.78 is 49.7. The van der Waals surface area contributed by atoms with E-state index in [-0.39, 0.29) is 34.5 Å². The molecule has 10 unspecified atom stereocenters. The van der Waals surface area contributed by atoms with E-state index in [4.69, 9.17) is 37.9 Å². The van der Waals surface area contributed by atoms with E-state index in [2.05, 4.69) is 40.7 Å². The van der Waals surface area contributed by atoms with Crippen molar-refractivity contribution in [3.05, 3.63) is 11.6 Å². The second-order valence-corrected chi connectivity index (χ2v) is 25.7. The Morgan fingerprint density at radius 1 is 0.519 bits per heavy atom. The van der Waals surface area contributed by atoms with Crippen LogP contribution in [-0.4, -0.2) is 244 Å². The van der Waals surface area contributed by atoms with E-state index in [1.165, 1.54) is 0 Å². The van der Waals surface area contributed by atoms with Gasteiger partial charge in [0.15, 0.2) is 25.2 Å². The van der Waals surface area contributed by atoms with Crippen LogP contribution in [0.25, 0.3) is 0 Å². The fourth-order valence-electron chi connectivity index (χ4n) is 16.3. The lowest BCUT2D eigenvalue weighted by Gasteiger charge is -2.71. The van der Waals surface area contributed by atoms with E-state index >= 15 is 0 Å². The molecule has 4 saturated carbocycles. The standard InChI is InChI=1S/C54H92O23/c1-23(2)10-9-14-54(8,77-49-45(41(67)37(63)29(22-58)73-49)76-47-43(69)39(65)35(61)27(20-56)71-47)24-11-16-53(7)33(24)25(59)18-31-51(5)15-13-32(50(3,4)30(51)12-17-52(31,53)6)74-48-44(40(66)36(62)28(21-57)72-48)75-46-42(68)38(64)34(60)26(19-55)70-46/h10,24-49,55-69H,9,11-22H2,1-8H3/t24?,25?,26-,27-,28-,29-,30?,31?,32?,33?,34-,35-,36-,37-,38+,39+,40+,41+,42-,43-,44-,45-,46+,47+,48+,49+,51?,52?,53?,54?/m1/s1. The Morgan fingerprint density at radius 3 is 1.47 bits per heavy atom. The average Bonchev–Trinajstić information content (AvgIpc) is 4.01. The molecule has 0 bridgehead atoms. The summed E-state index contributed by atoms with van der Waals surface area (Å²) in [5.41, 5.74) is -1.73. The summed E-state index contributed by atoms with van der Waals surface area (Å²) in [6.45, 7) is 14.3. The fraction of sp³-hybridized carbons (Fsp3) is 0.963. The topological polar surface area (TPSA) is 377 Å². The minimum atomic E-state index is -1.85. The van der Waals surface area contributed by atoms with E-state index in [1.807, 2.05) is 20.8 Å². The zero-order chi connectivity index (χ0) is 56.6. The highest BCUT2D eigenvalue weighted by atomic mass is 16.8. The molecule has 30 atom stereocenters. The second kappa shape index (κ2) is 23.5. The lowest BCUT2D eigenvalue weighted by molar-refractivity contribution is -0.382. The molecular formula is C54H92O23. The maximum absolute atomic E-state index is 12.9. The van der Waals surface area contributed by atoms with E-state index in [0.29, 0.717) is 38.5 Å². The number of aliphatic hydroxyl groups excluding tert-OH is 15. The van der Waals surface area contributed by atoms with Crippen molar-refractivity contribution in [3.8, 4) is 0 Å². The molecule has 0 spiro atoms. The summed E-state index contributed by atoms with van der Waals surface area (Å²) in [6.07, 6.45) is -25.8. The van der Waals surface area contributed by atoms with Crippen LogP contribution in [0, 0.1) is 45.3 Å². The molecule has 0 amide bonds. The molecule has 4 heterocycles. The van der Waals surface area contributed by atoms with Gasteiger partial charge in [-0.3, -0.25) is 0 Å². The van der Waals surface area contributed by atoms with Crippen molar-refractivity contribution in [1.29, 1.82) is 0 Å². The summed E-state index contributed by atoms with van der Waals surface area (Å²) in [5.74, 6) is -0.575. The molecule has 446 valence electrons. The van der Waals surface area contributed by atoms with Crippen LogP contribution >= 0.6 is 0 Å². The Bertz CT molecular complexity index is 1990. The zero-order valence-corrected chi connectivity index (χ0v) is 45.8. The molecule has 23 heteroatoms. The summed E-state index contributed by atoms with van der Waals surface area (Å²) in [5, 5.41) is 162. The van der Waals surface area contributed by atoms with Gasteiger partial charge in [0.2, 0.25) is 0 Å². The molecule has 15 N–H and O–H groups in total. The van der Waals surface area contributed by atoms with Crippen molar-refractivity contribution in [2.24, 2.45) is 45.3 Å². The third kappa shape index (κ3) is 10.8. The van der Waals surface area contributed by atoms with Crippen molar-refractivity contribution < 1.29 is 114 Å². The van der Waals surface area contributed by atoms with Gasteiger partial charge in [-0.1, -0.05) is 46.3 Å². The highest BCUT2D eigenvalue weighted by Gasteiger charge is 2.72. The van der Waals surface area contributed by atoms with Crippen molar-refractivity contribution in [3.63, 3.8) is 0 Å². The summed E-state index contributed by atoms with van der Waals surface area (Å²) in [6, 6.07) is 0. The van der Waals surface area contributed by atoms with Gasteiger partial charge in [0.25, 0.3) is 0 Å². The van der Waals surface area contributed by atoms with Crippen molar-refractivity contribution in [2.45, 2.75) is 254 Å². The lowest BCUT2D eigenvalue weighted by atomic mass is 9.35. The monoisotopic (exact) mass is 1110 g/mol.